The number of aryl methyl sites for hydroxylation is 2. The van der Waals surface area contributed by atoms with Gasteiger partial charge in [-0.3, -0.25) is 4.79 Å². The standard InChI is InChI=1S/C14H15ClN2O2/c1-10-3-2-4-11(7-10)9-17-14(15)12(8-16-17)5-6-13(18)19/h2-4,7-8H,5-6,9H2,1H3,(H,18,19). The molecule has 0 saturated heterocycles. The zero-order valence-corrected chi connectivity index (χ0v) is 11.4. The summed E-state index contributed by atoms with van der Waals surface area (Å²) in [5.41, 5.74) is 3.08. The molecule has 1 aromatic heterocycles. The highest BCUT2D eigenvalue weighted by atomic mass is 35.5. The van der Waals surface area contributed by atoms with Crippen molar-refractivity contribution in [3.63, 3.8) is 0 Å². The van der Waals surface area contributed by atoms with E-state index in [1.54, 1.807) is 10.9 Å². The normalized spacial score (nSPS) is 10.6. The molecule has 0 saturated carbocycles. The first-order valence-corrected chi connectivity index (χ1v) is 6.41. The van der Waals surface area contributed by atoms with Crippen LogP contribution in [0, 0.1) is 6.92 Å². The van der Waals surface area contributed by atoms with E-state index in [-0.39, 0.29) is 6.42 Å². The van der Waals surface area contributed by atoms with Crippen LogP contribution < -0.4 is 0 Å². The molecule has 0 aliphatic heterocycles. The van der Waals surface area contributed by atoms with E-state index in [4.69, 9.17) is 16.7 Å². The van der Waals surface area contributed by atoms with Gasteiger partial charge in [0.25, 0.3) is 0 Å². The van der Waals surface area contributed by atoms with Gasteiger partial charge in [0.2, 0.25) is 0 Å². The Morgan fingerprint density at radius 1 is 1.47 bits per heavy atom. The van der Waals surface area contributed by atoms with Crippen LogP contribution in [-0.4, -0.2) is 20.9 Å². The second-order valence-electron chi connectivity index (χ2n) is 4.50. The van der Waals surface area contributed by atoms with Crippen LogP contribution in [0.1, 0.15) is 23.1 Å². The highest BCUT2D eigenvalue weighted by Gasteiger charge is 2.10. The Morgan fingerprint density at radius 3 is 2.95 bits per heavy atom. The lowest BCUT2D eigenvalue weighted by atomic mass is 10.1. The van der Waals surface area contributed by atoms with Crippen LogP contribution in [0.4, 0.5) is 0 Å². The van der Waals surface area contributed by atoms with Crippen molar-refractivity contribution in [3.8, 4) is 0 Å². The Kier molecular flexibility index (Phi) is 4.22. The molecule has 0 radical (unpaired) electrons. The summed E-state index contributed by atoms with van der Waals surface area (Å²) < 4.78 is 1.69. The molecule has 0 unspecified atom stereocenters. The van der Waals surface area contributed by atoms with Crippen LogP contribution >= 0.6 is 11.6 Å². The van der Waals surface area contributed by atoms with Gasteiger partial charge in [-0.15, -0.1) is 0 Å². The van der Waals surface area contributed by atoms with E-state index in [0.717, 1.165) is 11.1 Å². The summed E-state index contributed by atoms with van der Waals surface area (Å²) in [6.07, 6.45) is 2.11. The summed E-state index contributed by atoms with van der Waals surface area (Å²) in [6.45, 7) is 2.63. The molecule has 0 aliphatic carbocycles. The van der Waals surface area contributed by atoms with Crippen molar-refractivity contribution in [2.45, 2.75) is 26.3 Å². The van der Waals surface area contributed by atoms with Crippen molar-refractivity contribution in [1.29, 1.82) is 0 Å². The summed E-state index contributed by atoms with van der Waals surface area (Å²) in [5, 5.41) is 13.4. The Balaban J connectivity index is 2.11. The number of nitrogens with zero attached hydrogens (tertiary/aromatic N) is 2. The van der Waals surface area contributed by atoms with Gasteiger partial charge in [0, 0.05) is 12.0 Å². The van der Waals surface area contributed by atoms with Crippen molar-refractivity contribution in [1.82, 2.24) is 9.78 Å². The third kappa shape index (κ3) is 3.58. The van der Waals surface area contributed by atoms with E-state index in [9.17, 15) is 4.79 Å². The van der Waals surface area contributed by atoms with Crippen LogP contribution in [0.3, 0.4) is 0 Å². The molecule has 4 nitrogen and oxygen atoms in total. The minimum atomic E-state index is -0.831. The molecule has 2 aromatic rings. The molecule has 0 atom stereocenters. The van der Waals surface area contributed by atoms with E-state index in [0.29, 0.717) is 18.1 Å². The average Bonchev–Trinajstić information content (AvgIpc) is 2.68. The van der Waals surface area contributed by atoms with E-state index in [1.807, 2.05) is 25.1 Å². The number of aromatic nitrogens is 2. The van der Waals surface area contributed by atoms with Gasteiger partial charge < -0.3 is 5.11 Å². The SMILES string of the molecule is Cc1cccc(Cn2ncc(CCC(=O)O)c2Cl)c1. The van der Waals surface area contributed by atoms with Crippen molar-refractivity contribution < 1.29 is 9.90 Å². The second-order valence-corrected chi connectivity index (χ2v) is 4.86. The molecule has 19 heavy (non-hydrogen) atoms. The molecule has 5 heteroatoms. The summed E-state index contributed by atoms with van der Waals surface area (Å²) in [4.78, 5) is 10.5. The molecule has 100 valence electrons. The zero-order chi connectivity index (χ0) is 13.8. The van der Waals surface area contributed by atoms with Gasteiger partial charge in [-0.05, 0) is 18.9 Å². The van der Waals surface area contributed by atoms with Crippen LogP contribution in [0.5, 0.6) is 0 Å². The molecule has 0 fully saturated rings. The van der Waals surface area contributed by atoms with E-state index in [2.05, 4.69) is 11.2 Å². The molecular formula is C14H15ClN2O2. The first-order chi connectivity index (χ1) is 9.06. The lowest BCUT2D eigenvalue weighted by molar-refractivity contribution is -0.136. The van der Waals surface area contributed by atoms with Gasteiger partial charge in [-0.2, -0.15) is 5.10 Å². The number of benzene rings is 1. The number of carboxylic acids is 1. The van der Waals surface area contributed by atoms with E-state index in [1.165, 1.54) is 5.56 Å². The predicted octanol–water partition coefficient (Wildman–Crippen LogP) is 2.91. The van der Waals surface area contributed by atoms with Crippen molar-refractivity contribution in [2.24, 2.45) is 0 Å². The predicted molar refractivity (Wildman–Crippen MR) is 73.5 cm³/mol. The van der Waals surface area contributed by atoms with Crippen molar-refractivity contribution in [2.75, 3.05) is 0 Å². The first-order valence-electron chi connectivity index (χ1n) is 6.04. The summed E-state index contributed by atoms with van der Waals surface area (Å²) in [7, 11) is 0. The van der Waals surface area contributed by atoms with Gasteiger partial charge in [-0.1, -0.05) is 41.4 Å². The molecule has 0 aliphatic rings. The molecule has 1 aromatic carbocycles. The average molecular weight is 279 g/mol. The largest absolute Gasteiger partial charge is 0.481 e. The van der Waals surface area contributed by atoms with Gasteiger partial charge in [-0.25, -0.2) is 4.68 Å². The summed E-state index contributed by atoms with van der Waals surface area (Å²) in [5.74, 6) is -0.831. The molecule has 2 rings (SSSR count). The van der Waals surface area contributed by atoms with Gasteiger partial charge in [0.05, 0.1) is 12.7 Å². The quantitative estimate of drug-likeness (QED) is 0.915. The molecule has 0 amide bonds. The molecule has 0 bridgehead atoms. The van der Waals surface area contributed by atoms with E-state index >= 15 is 0 Å². The van der Waals surface area contributed by atoms with Crippen molar-refractivity contribution >= 4 is 17.6 Å². The number of rotatable bonds is 5. The fraction of sp³-hybridized carbons (Fsp3) is 0.286. The lowest BCUT2D eigenvalue weighted by Gasteiger charge is -2.05. The third-order valence-electron chi connectivity index (χ3n) is 2.87. The maximum absolute atomic E-state index is 10.5. The Hall–Kier alpha value is -1.81. The van der Waals surface area contributed by atoms with Crippen LogP contribution in [0.15, 0.2) is 30.5 Å². The summed E-state index contributed by atoms with van der Waals surface area (Å²) in [6, 6.07) is 8.12. The minimum Gasteiger partial charge on any atom is -0.481 e. The molecular weight excluding hydrogens is 264 g/mol. The number of carbonyl (C=O) groups is 1. The highest BCUT2D eigenvalue weighted by molar-refractivity contribution is 6.30. The van der Waals surface area contributed by atoms with Crippen LogP contribution in [0.2, 0.25) is 5.15 Å². The third-order valence-corrected chi connectivity index (χ3v) is 3.31. The van der Waals surface area contributed by atoms with Crippen LogP contribution in [0.25, 0.3) is 0 Å². The van der Waals surface area contributed by atoms with Gasteiger partial charge >= 0.3 is 5.97 Å². The van der Waals surface area contributed by atoms with Crippen molar-refractivity contribution in [3.05, 3.63) is 52.3 Å². The molecule has 1 N–H and O–H groups in total. The number of carboxylic acid groups (broad SMARTS) is 1. The summed E-state index contributed by atoms with van der Waals surface area (Å²) >= 11 is 6.21. The molecule has 0 spiro atoms. The van der Waals surface area contributed by atoms with Gasteiger partial charge in [0.15, 0.2) is 0 Å². The Labute approximate surface area is 116 Å². The number of hydrogen-bond donors (Lipinski definition) is 1. The number of hydrogen-bond acceptors (Lipinski definition) is 2. The zero-order valence-electron chi connectivity index (χ0n) is 10.6. The number of halogens is 1. The monoisotopic (exact) mass is 278 g/mol. The topological polar surface area (TPSA) is 55.1 Å². The lowest BCUT2D eigenvalue weighted by Crippen LogP contribution is -2.02. The number of aliphatic carboxylic acids is 1. The fourth-order valence-corrected chi connectivity index (χ4v) is 2.16. The molecule has 1 heterocycles. The van der Waals surface area contributed by atoms with Crippen LogP contribution in [-0.2, 0) is 17.8 Å². The Morgan fingerprint density at radius 2 is 2.26 bits per heavy atom. The minimum absolute atomic E-state index is 0.0653. The maximum Gasteiger partial charge on any atom is 0.303 e. The maximum atomic E-state index is 10.5. The second kappa shape index (κ2) is 5.89. The van der Waals surface area contributed by atoms with Gasteiger partial charge in [0.1, 0.15) is 5.15 Å². The first kappa shape index (κ1) is 13.6. The van der Waals surface area contributed by atoms with E-state index < -0.39 is 5.97 Å². The highest BCUT2D eigenvalue weighted by Crippen LogP contribution is 2.18. The smallest absolute Gasteiger partial charge is 0.303 e. The Bertz CT molecular complexity index is 593. The fourth-order valence-electron chi connectivity index (χ4n) is 1.91.